The Labute approximate surface area is 79.2 Å². The summed E-state index contributed by atoms with van der Waals surface area (Å²) in [4.78, 5) is 10.3. The average molecular weight is 193 g/mol. The number of carbonyl (C=O) groups is 1. The van der Waals surface area contributed by atoms with E-state index in [4.69, 9.17) is 16.3 Å². The van der Waals surface area contributed by atoms with Gasteiger partial charge in [0.1, 0.15) is 0 Å². The number of ether oxygens (including phenoxy) is 1. The molecule has 0 rings (SSSR count). The van der Waals surface area contributed by atoms with Gasteiger partial charge in [-0.05, 0) is 12.3 Å². The molecular weight excluding hydrogens is 176 g/mol. The highest BCUT2D eigenvalue weighted by molar-refractivity contribution is 6.61. The van der Waals surface area contributed by atoms with Crippen LogP contribution in [-0.2, 0) is 4.74 Å². The molecule has 0 fully saturated rings. The van der Waals surface area contributed by atoms with Gasteiger partial charge in [0.2, 0.25) is 0 Å². The van der Waals surface area contributed by atoms with Crippen LogP contribution in [0.2, 0.25) is 0 Å². The molecule has 0 aromatic rings. The molecule has 0 saturated heterocycles. The van der Waals surface area contributed by atoms with Gasteiger partial charge in [-0.15, -0.1) is 0 Å². The van der Waals surface area contributed by atoms with Crippen LogP contribution < -0.4 is 0 Å². The Morgan fingerprint density at radius 1 is 1.50 bits per heavy atom. The van der Waals surface area contributed by atoms with Gasteiger partial charge in [-0.1, -0.05) is 33.1 Å². The summed E-state index contributed by atoms with van der Waals surface area (Å²) in [6.07, 6.45) is 4.55. The molecule has 0 aromatic heterocycles. The first-order valence-corrected chi connectivity index (χ1v) is 4.90. The van der Waals surface area contributed by atoms with Crippen molar-refractivity contribution in [2.45, 2.75) is 39.5 Å². The van der Waals surface area contributed by atoms with Crippen LogP contribution in [0.1, 0.15) is 39.5 Å². The zero-order chi connectivity index (χ0) is 9.40. The van der Waals surface area contributed by atoms with Gasteiger partial charge in [-0.25, -0.2) is 4.79 Å². The van der Waals surface area contributed by atoms with E-state index in [1.165, 1.54) is 12.8 Å². The van der Waals surface area contributed by atoms with Gasteiger partial charge in [-0.2, -0.15) is 0 Å². The van der Waals surface area contributed by atoms with Crippen molar-refractivity contribution in [3.8, 4) is 0 Å². The summed E-state index contributed by atoms with van der Waals surface area (Å²) in [5.41, 5.74) is -0.690. The Hall–Kier alpha value is -0.240. The second-order valence-electron chi connectivity index (χ2n) is 2.97. The Balaban J connectivity index is 3.45. The first kappa shape index (κ1) is 11.8. The predicted octanol–water partition coefficient (Wildman–Crippen LogP) is 3.58. The third kappa shape index (κ3) is 6.47. The molecule has 1 atom stereocenters. The molecule has 0 N–H and O–H groups in total. The van der Waals surface area contributed by atoms with Crippen molar-refractivity contribution in [2.24, 2.45) is 5.92 Å². The smallest absolute Gasteiger partial charge is 0.403 e. The first-order chi connectivity index (χ1) is 5.70. The van der Waals surface area contributed by atoms with Crippen LogP contribution in [-0.4, -0.2) is 12.0 Å². The van der Waals surface area contributed by atoms with Crippen molar-refractivity contribution in [3.05, 3.63) is 0 Å². The molecule has 0 aliphatic carbocycles. The van der Waals surface area contributed by atoms with Crippen LogP contribution in [0.25, 0.3) is 0 Å². The van der Waals surface area contributed by atoms with E-state index < -0.39 is 5.43 Å². The molecule has 0 bridgehead atoms. The molecule has 0 unspecified atom stereocenters. The van der Waals surface area contributed by atoms with E-state index in [0.29, 0.717) is 12.5 Å². The quantitative estimate of drug-likeness (QED) is 0.602. The van der Waals surface area contributed by atoms with E-state index in [0.717, 1.165) is 12.8 Å². The van der Waals surface area contributed by atoms with Crippen LogP contribution in [0.5, 0.6) is 0 Å². The number of unbranched alkanes of at least 4 members (excludes halogenated alkanes) is 1. The Bertz CT molecular complexity index is 126. The maximum atomic E-state index is 10.3. The first-order valence-electron chi connectivity index (χ1n) is 4.52. The van der Waals surface area contributed by atoms with Crippen molar-refractivity contribution in [1.82, 2.24) is 0 Å². The van der Waals surface area contributed by atoms with E-state index in [-0.39, 0.29) is 0 Å². The third-order valence-corrected chi connectivity index (χ3v) is 2.08. The summed E-state index contributed by atoms with van der Waals surface area (Å²) < 4.78 is 4.72. The van der Waals surface area contributed by atoms with Gasteiger partial charge in [0.05, 0.1) is 6.61 Å². The summed E-state index contributed by atoms with van der Waals surface area (Å²) in [7, 11) is 0. The zero-order valence-corrected chi connectivity index (χ0v) is 8.56. The van der Waals surface area contributed by atoms with Gasteiger partial charge < -0.3 is 4.74 Å². The molecule has 3 heteroatoms. The number of halogens is 1. The summed E-state index contributed by atoms with van der Waals surface area (Å²) in [5, 5.41) is 0. The second kappa shape index (κ2) is 7.41. The number of carbonyl (C=O) groups excluding carboxylic acids is 1. The normalized spacial score (nSPS) is 12.6. The van der Waals surface area contributed by atoms with Crippen molar-refractivity contribution in [2.75, 3.05) is 6.61 Å². The second-order valence-corrected chi connectivity index (χ2v) is 3.27. The molecule has 0 aromatic carbocycles. The molecule has 12 heavy (non-hydrogen) atoms. The fourth-order valence-electron chi connectivity index (χ4n) is 1.08. The number of hydrogen-bond acceptors (Lipinski definition) is 2. The van der Waals surface area contributed by atoms with E-state index in [9.17, 15) is 4.79 Å². The zero-order valence-electron chi connectivity index (χ0n) is 7.81. The lowest BCUT2D eigenvalue weighted by atomic mass is 10.0. The SMILES string of the molecule is CCCC[C@H](CC)COC(=O)Cl. The van der Waals surface area contributed by atoms with Crippen molar-refractivity contribution < 1.29 is 9.53 Å². The molecule has 72 valence electrons. The number of rotatable bonds is 6. The van der Waals surface area contributed by atoms with Crippen molar-refractivity contribution in [3.63, 3.8) is 0 Å². The maximum absolute atomic E-state index is 10.3. The highest BCUT2D eigenvalue weighted by Gasteiger charge is 2.07. The maximum Gasteiger partial charge on any atom is 0.403 e. The fraction of sp³-hybridized carbons (Fsp3) is 0.889. The molecule has 2 nitrogen and oxygen atoms in total. The minimum absolute atomic E-state index is 0.471. The van der Waals surface area contributed by atoms with Crippen LogP contribution in [0.4, 0.5) is 4.79 Å². The topological polar surface area (TPSA) is 26.3 Å². The van der Waals surface area contributed by atoms with E-state index in [2.05, 4.69) is 13.8 Å². The monoisotopic (exact) mass is 192 g/mol. The van der Waals surface area contributed by atoms with Crippen molar-refractivity contribution in [1.29, 1.82) is 0 Å². The summed E-state index contributed by atoms with van der Waals surface area (Å²) in [6, 6.07) is 0. The lowest BCUT2D eigenvalue weighted by Crippen LogP contribution is -2.09. The lowest BCUT2D eigenvalue weighted by molar-refractivity contribution is 0.146. The van der Waals surface area contributed by atoms with Gasteiger partial charge in [-0.3, -0.25) is 0 Å². The third-order valence-electron chi connectivity index (χ3n) is 1.98. The van der Waals surface area contributed by atoms with Gasteiger partial charge in [0.25, 0.3) is 0 Å². The van der Waals surface area contributed by atoms with Crippen molar-refractivity contribution >= 4 is 17.0 Å². The standard InChI is InChI=1S/C9H17ClO2/c1-3-5-6-8(4-2)7-12-9(10)11/h8H,3-7H2,1-2H3/t8-/m0/s1. The number of hydrogen-bond donors (Lipinski definition) is 0. The molecule has 0 heterocycles. The molecule has 0 aliphatic rings. The largest absolute Gasteiger partial charge is 0.453 e. The highest BCUT2D eigenvalue weighted by atomic mass is 35.5. The van der Waals surface area contributed by atoms with Crippen LogP contribution in [0.15, 0.2) is 0 Å². The van der Waals surface area contributed by atoms with Crippen LogP contribution in [0, 0.1) is 5.92 Å². The predicted molar refractivity (Wildman–Crippen MR) is 50.5 cm³/mol. The minimum atomic E-state index is -0.690. The Morgan fingerprint density at radius 2 is 2.17 bits per heavy atom. The minimum Gasteiger partial charge on any atom is -0.453 e. The Kier molecular flexibility index (Phi) is 7.26. The lowest BCUT2D eigenvalue weighted by Gasteiger charge is -2.12. The van der Waals surface area contributed by atoms with Crippen LogP contribution >= 0.6 is 11.6 Å². The highest BCUT2D eigenvalue weighted by Crippen LogP contribution is 2.13. The van der Waals surface area contributed by atoms with Gasteiger partial charge in [0.15, 0.2) is 0 Å². The molecule has 0 amide bonds. The van der Waals surface area contributed by atoms with Gasteiger partial charge in [0, 0.05) is 11.6 Å². The summed E-state index contributed by atoms with van der Waals surface area (Å²) in [5.74, 6) is 0.479. The molecule has 0 aliphatic heterocycles. The van der Waals surface area contributed by atoms with E-state index in [1.807, 2.05) is 0 Å². The molecular formula is C9H17ClO2. The van der Waals surface area contributed by atoms with Crippen LogP contribution in [0.3, 0.4) is 0 Å². The molecule has 0 radical (unpaired) electrons. The Morgan fingerprint density at radius 3 is 2.58 bits per heavy atom. The van der Waals surface area contributed by atoms with Gasteiger partial charge >= 0.3 is 5.43 Å². The molecule has 0 spiro atoms. The summed E-state index contributed by atoms with van der Waals surface area (Å²) >= 11 is 5.05. The average Bonchev–Trinajstić information content (AvgIpc) is 2.05. The summed E-state index contributed by atoms with van der Waals surface area (Å²) in [6.45, 7) is 4.72. The van der Waals surface area contributed by atoms with E-state index >= 15 is 0 Å². The van der Waals surface area contributed by atoms with E-state index in [1.54, 1.807) is 0 Å². The molecule has 0 saturated carbocycles. The fourth-order valence-corrected chi connectivity index (χ4v) is 1.14.